The van der Waals surface area contributed by atoms with Gasteiger partial charge in [0.2, 0.25) is 0 Å². The van der Waals surface area contributed by atoms with Crippen molar-refractivity contribution in [2.24, 2.45) is 5.92 Å². The first-order valence-corrected chi connectivity index (χ1v) is 8.18. The van der Waals surface area contributed by atoms with E-state index in [1.54, 1.807) is 18.2 Å². The maximum Gasteiger partial charge on any atom is 0.273 e. The van der Waals surface area contributed by atoms with Crippen LogP contribution in [0.1, 0.15) is 36.2 Å². The maximum absolute atomic E-state index is 12.2. The summed E-state index contributed by atoms with van der Waals surface area (Å²) in [7, 11) is 0. The molecule has 1 aliphatic rings. The number of benzene rings is 1. The predicted molar refractivity (Wildman–Crippen MR) is 87.2 cm³/mol. The molecular formula is C17H19ClN2O3. The van der Waals surface area contributed by atoms with Crippen molar-refractivity contribution >= 4 is 17.5 Å². The summed E-state index contributed by atoms with van der Waals surface area (Å²) in [5.41, 5.74) is 1.02. The van der Waals surface area contributed by atoms with Crippen LogP contribution in [-0.2, 0) is 0 Å². The molecule has 0 aliphatic heterocycles. The van der Waals surface area contributed by atoms with E-state index in [9.17, 15) is 9.90 Å². The maximum atomic E-state index is 12.2. The zero-order valence-corrected chi connectivity index (χ0v) is 13.4. The molecule has 2 atom stereocenters. The summed E-state index contributed by atoms with van der Waals surface area (Å²) in [6.45, 7) is 0.551. The highest BCUT2D eigenvalue weighted by Gasteiger charge is 2.21. The largest absolute Gasteiger partial charge is 0.393 e. The average Bonchev–Trinajstić information content (AvgIpc) is 3.03. The van der Waals surface area contributed by atoms with E-state index in [2.05, 4.69) is 10.5 Å². The second-order valence-electron chi connectivity index (χ2n) is 5.98. The van der Waals surface area contributed by atoms with E-state index in [0.29, 0.717) is 23.2 Å². The lowest BCUT2D eigenvalue weighted by molar-refractivity contribution is 0.0867. The predicted octanol–water partition coefficient (Wildman–Crippen LogP) is 3.28. The Hall–Kier alpha value is -1.85. The van der Waals surface area contributed by atoms with Gasteiger partial charge < -0.3 is 14.9 Å². The molecule has 1 amide bonds. The number of carbonyl (C=O) groups excluding carboxylic acids is 1. The Morgan fingerprint density at radius 2 is 2.26 bits per heavy atom. The summed E-state index contributed by atoms with van der Waals surface area (Å²) in [6, 6.07) is 8.79. The SMILES string of the molecule is O=C(NCC1CCCC(O)C1)c1cc(-c2cccc(Cl)c2)on1. The number of hydrogen-bond acceptors (Lipinski definition) is 4. The number of amides is 1. The molecule has 0 radical (unpaired) electrons. The van der Waals surface area contributed by atoms with E-state index < -0.39 is 0 Å². The molecule has 3 rings (SSSR count). The van der Waals surface area contributed by atoms with E-state index in [-0.39, 0.29) is 17.7 Å². The van der Waals surface area contributed by atoms with Crippen molar-refractivity contribution in [1.29, 1.82) is 0 Å². The minimum atomic E-state index is -0.262. The highest BCUT2D eigenvalue weighted by molar-refractivity contribution is 6.30. The normalized spacial score (nSPS) is 21.1. The fourth-order valence-corrected chi connectivity index (χ4v) is 3.13. The van der Waals surface area contributed by atoms with Crippen molar-refractivity contribution < 1.29 is 14.4 Å². The lowest BCUT2D eigenvalue weighted by Gasteiger charge is -2.25. The highest BCUT2D eigenvalue weighted by atomic mass is 35.5. The van der Waals surface area contributed by atoms with Gasteiger partial charge in [0.25, 0.3) is 5.91 Å². The van der Waals surface area contributed by atoms with Gasteiger partial charge in [0.05, 0.1) is 6.10 Å². The molecule has 2 unspecified atom stereocenters. The Balaban J connectivity index is 1.60. The summed E-state index contributed by atoms with van der Waals surface area (Å²) >= 11 is 5.95. The molecule has 6 heteroatoms. The van der Waals surface area contributed by atoms with Gasteiger partial charge in [-0.1, -0.05) is 35.3 Å². The molecule has 2 N–H and O–H groups in total. The molecule has 1 saturated carbocycles. The number of nitrogens with one attached hydrogen (secondary N) is 1. The number of aliphatic hydroxyl groups excluding tert-OH is 1. The number of hydrogen-bond donors (Lipinski definition) is 2. The first-order valence-electron chi connectivity index (χ1n) is 7.81. The Bertz CT molecular complexity index is 686. The number of aromatic nitrogens is 1. The number of nitrogens with zero attached hydrogens (tertiary/aromatic N) is 1. The third-order valence-electron chi connectivity index (χ3n) is 4.16. The van der Waals surface area contributed by atoms with E-state index in [1.807, 2.05) is 12.1 Å². The second kappa shape index (κ2) is 7.15. The molecule has 1 aliphatic carbocycles. The van der Waals surface area contributed by atoms with E-state index in [4.69, 9.17) is 16.1 Å². The van der Waals surface area contributed by atoms with Gasteiger partial charge in [-0.25, -0.2) is 0 Å². The lowest BCUT2D eigenvalue weighted by atomic mass is 9.87. The van der Waals surface area contributed by atoms with Crippen LogP contribution in [-0.4, -0.2) is 28.8 Å². The molecule has 1 heterocycles. The van der Waals surface area contributed by atoms with Gasteiger partial charge in [0.15, 0.2) is 11.5 Å². The van der Waals surface area contributed by atoms with Crippen LogP contribution >= 0.6 is 11.6 Å². The summed E-state index contributed by atoms with van der Waals surface area (Å²) < 4.78 is 5.23. The third kappa shape index (κ3) is 4.12. The van der Waals surface area contributed by atoms with Crippen molar-refractivity contribution in [2.45, 2.75) is 31.8 Å². The van der Waals surface area contributed by atoms with Crippen LogP contribution in [0.2, 0.25) is 5.02 Å². The molecule has 1 aromatic carbocycles. The Labute approximate surface area is 139 Å². The first-order chi connectivity index (χ1) is 11.1. The van der Waals surface area contributed by atoms with Crippen LogP contribution in [0, 0.1) is 5.92 Å². The number of aliphatic hydroxyl groups is 1. The molecule has 1 fully saturated rings. The van der Waals surface area contributed by atoms with Gasteiger partial charge in [0.1, 0.15) is 0 Å². The summed E-state index contributed by atoms with van der Waals surface area (Å²) in [6.07, 6.45) is 3.39. The fourth-order valence-electron chi connectivity index (χ4n) is 2.94. The van der Waals surface area contributed by atoms with Gasteiger partial charge in [0, 0.05) is 23.2 Å². The standard InChI is InChI=1S/C17H19ClN2O3/c18-13-5-2-4-12(8-13)16-9-15(20-23-16)17(22)19-10-11-3-1-6-14(21)7-11/h2,4-5,8-9,11,14,21H,1,3,6-7,10H2,(H,19,22). The Kier molecular flexibility index (Phi) is 4.98. The fraction of sp³-hybridized carbons (Fsp3) is 0.412. The van der Waals surface area contributed by atoms with Crippen LogP contribution in [0.5, 0.6) is 0 Å². The summed E-state index contributed by atoms with van der Waals surface area (Å²) in [4.78, 5) is 12.2. The van der Waals surface area contributed by atoms with Crippen LogP contribution < -0.4 is 5.32 Å². The van der Waals surface area contributed by atoms with Crippen LogP contribution in [0.15, 0.2) is 34.9 Å². The van der Waals surface area contributed by atoms with Crippen molar-refractivity contribution in [3.05, 3.63) is 41.0 Å². The monoisotopic (exact) mass is 334 g/mol. The molecule has 23 heavy (non-hydrogen) atoms. The second-order valence-corrected chi connectivity index (χ2v) is 6.42. The minimum Gasteiger partial charge on any atom is -0.393 e. The topological polar surface area (TPSA) is 75.4 Å². The van der Waals surface area contributed by atoms with Gasteiger partial charge in [-0.05, 0) is 37.3 Å². The summed E-state index contributed by atoms with van der Waals surface area (Å²) in [5, 5.41) is 16.9. The summed E-state index contributed by atoms with van der Waals surface area (Å²) in [5.74, 6) is 0.565. The van der Waals surface area contributed by atoms with Crippen LogP contribution in [0.4, 0.5) is 0 Å². The van der Waals surface area contributed by atoms with Crippen molar-refractivity contribution in [2.75, 3.05) is 6.54 Å². The van der Waals surface area contributed by atoms with Gasteiger partial charge >= 0.3 is 0 Å². The molecule has 0 spiro atoms. The third-order valence-corrected chi connectivity index (χ3v) is 4.39. The highest BCUT2D eigenvalue weighted by Crippen LogP contribution is 2.25. The molecular weight excluding hydrogens is 316 g/mol. The van der Waals surface area contributed by atoms with Crippen LogP contribution in [0.25, 0.3) is 11.3 Å². The molecule has 0 bridgehead atoms. The lowest BCUT2D eigenvalue weighted by Crippen LogP contribution is -2.33. The molecule has 0 saturated heterocycles. The minimum absolute atomic E-state index is 0.243. The van der Waals surface area contributed by atoms with Crippen molar-refractivity contribution in [1.82, 2.24) is 10.5 Å². The van der Waals surface area contributed by atoms with Gasteiger partial charge in [-0.15, -0.1) is 0 Å². The Morgan fingerprint density at radius 3 is 3.04 bits per heavy atom. The number of halogens is 1. The quantitative estimate of drug-likeness (QED) is 0.899. The van der Waals surface area contributed by atoms with Gasteiger partial charge in [-0.2, -0.15) is 0 Å². The zero-order chi connectivity index (χ0) is 16.2. The molecule has 1 aromatic heterocycles. The van der Waals surface area contributed by atoms with Crippen LogP contribution in [0.3, 0.4) is 0 Å². The van der Waals surface area contributed by atoms with E-state index >= 15 is 0 Å². The van der Waals surface area contributed by atoms with Gasteiger partial charge in [-0.3, -0.25) is 4.79 Å². The molecule has 122 valence electrons. The number of rotatable bonds is 4. The Morgan fingerprint density at radius 1 is 1.39 bits per heavy atom. The van der Waals surface area contributed by atoms with E-state index in [1.165, 1.54) is 0 Å². The average molecular weight is 335 g/mol. The smallest absolute Gasteiger partial charge is 0.273 e. The van der Waals surface area contributed by atoms with Crippen molar-refractivity contribution in [3.8, 4) is 11.3 Å². The van der Waals surface area contributed by atoms with Crippen molar-refractivity contribution in [3.63, 3.8) is 0 Å². The number of carbonyl (C=O) groups is 1. The zero-order valence-electron chi connectivity index (χ0n) is 12.7. The first kappa shape index (κ1) is 16.0. The molecule has 2 aromatic rings. The molecule has 5 nitrogen and oxygen atoms in total. The van der Waals surface area contributed by atoms with E-state index in [0.717, 1.165) is 31.2 Å².